The highest BCUT2D eigenvalue weighted by Crippen LogP contribution is 2.16. The summed E-state index contributed by atoms with van der Waals surface area (Å²) >= 11 is 0. The van der Waals surface area contributed by atoms with Gasteiger partial charge >= 0.3 is 0 Å². The second-order valence-electron chi connectivity index (χ2n) is 5.35. The largest absolute Gasteiger partial charge is 0.385 e. The maximum atomic E-state index is 12.5. The van der Waals surface area contributed by atoms with Crippen molar-refractivity contribution in [1.82, 2.24) is 9.80 Å². The van der Waals surface area contributed by atoms with Gasteiger partial charge < -0.3 is 15.1 Å². The van der Waals surface area contributed by atoms with Crippen molar-refractivity contribution < 1.29 is 4.79 Å². The molecule has 1 fully saturated rings. The third kappa shape index (κ3) is 3.73. The number of nitrogens with zero attached hydrogens (tertiary/aromatic N) is 2. The highest BCUT2D eigenvalue weighted by molar-refractivity contribution is 5.99. The number of hydrogen-bond acceptors (Lipinski definition) is 3. The van der Waals surface area contributed by atoms with Gasteiger partial charge in [-0.05, 0) is 45.0 Å². The highest BCUT2D eigenvalue weighted by Gasteiger charge is 2.17. The molecule has 0 aliphatic carbocycles. The van der Waals surface area contributed by atoms with Gasteiger partial charge in [0.15, 0.2) is 0 Å². The van der Waals surface area contributed by atoms with Crippen molar-refractivity contribution in [3.63, 3.8) is 0 Å². The van der Waals surface area contributed by atoms with Crippen LogP contribution in [-0.4, -0.2) is 55.5 Å². The van der Waals surface area contributed by atoms with Crippen LogP contribution in [0.4, 0.5) is 5.69 Å². The number of rotatable bonds is 6. The van der Waals surface area contributed by atoms with Crippen molar-refractivity contribution in [3.8, 4) is 0 Å². The van der Waals surface area contributed by atoms with Gasteiger partial charge in [0.05, 0.1) is 5.56 Å². The van der Waals surface area contributed by atoms with Gasteiger partial charge in [0.25, 0.3) is 5.91 Å². The van der Waals surface area contributed by atoms with Gasteiger partial charge in [0.1, 0.15) is 0 Å². The molecule has 20 heavy (non-hydrogen) atoms. The molecule has 1 saturated heterocycles. The fraction of sp³-hybridized carbons (Fsp3) is 0.562. The molecule has 1 amide bonds. The summed E-state index contributed by atoms with van der Waals surface area (Å²) in [5.74, 6) is 0.0979. The molecule has 1 heterocycles. The van der Waals surface area contributed by atoms with Crippen molar-refractivity contribution in [1.29, 1.82) is 0 Å². The second kappa shape index (κ2) is 7.29. The van der Waals surface area contributed by atoms with Gasteiger partial charge in [0, 0.05) is 32.4 Å². The SMILES string of the molecule is CCNc1ccccc1C(=O)N(C)CCN1CCCC1. The lowest BCUT2D eigenvalue weighted by Crippen LogP contribution is -2.35. The number of carbonyl (C=O) groups excluding carboxylic acids is 1. The Morgan fingerprint density at radius 3 is 2.70 bits per heavy atom. The van der Waals surface area contributed by atoms with Crippen molar-refractivity contribution in [2.75, 3.05) is 45.1 Å². The summed E-state index contributed by atoms with van der Waals surface area (Å²) in [6, 6.07) is 7.74. The van der Waals surface area contributed by atoms with Gasteiger partial charge in [-0.15, -0.1) is 0 Å². The minimum Gasteiger partial charge on any atom is -0.385 e. The van der Waals surface area contributed by atoms with Gasteiger partial charge in [-0.25, -0.2) is 0 Å². The predicted octanol–water partition coefficient (Wildman–Crippen LogP) is 2.29. The van der Waals surface area contributed by atoms with E-state index in [0.29, 0.717) is 0 Å². The van der Waals surface area contributed by atoms with Crippen LogP contribution in [0, 0.1) is 0 Å². The lowest BCUT2D eigenvalue weighted by Gasteiger charge is -2.22. The van der Waals surface area contributed by atoms with E-state index in [1.165, 1.54) is 25.9 Å². The van der Waals surface area contributed by atoms with Crippen LogP contribution >= 0.6 is 0 Å². The van der Waals surface area contributed by atoms with E-state index in [1.54, 1.807) is 0 Å². The Hall–Kier alpha value is -1.55. The molecular weight excluding hydrogens is 250 g/mol. The normalized spacial score (nSPS) is 15.3. The number of likely N-dealkylation sites (N-methyl/N-ethyl adjacent to an activating group) is 1. The Balaban J connectivity index is 1.95. The Kier molecular flexibility index (Phi) is 5.41. The van der Waals surface area contributed by atoms with E-state index in [1.807, 2.05) is 43.1 Å². The molecule has 1 aromatic rings. The molecular formula is C16H25N3O. The van der Waals surface area contributed by atoms with Crippen LogP contribution in [0.1, 0.15) is 30.1 Å². The van der Waals surface area contributed by atoms with Gasteiger partial charge in [0.2, 0.25) is 0 Å². The summed E-state index contributed by atoms with van der Waals surface area (Å²) in [4.78, 5) is 16.8. The summed E-state index contributed by atoms with van der Waals surface area (Å²) in [6.07, 6.45) is 2.59. The second-order valence-corrected chi connectivity index (χ2v) is 5.35. The Morgan fingerprint density at radius 2 is 2.00 bits per heavy atom. The minimum atomic E-state index is 0.0979. The molecule has 4 heteroatoms. The fourth-order valence-corrected chi connectivity index (χ4v) is 2.62. The van der Waals surface area contributed by atoms with Crippen LogP contribution in [0.25, 0.3) is 0 Å². The summed E-state index contributed by atoms with van der Waals surface area (Å²) in [7, 11) is 1.89. The average molecular weight is 275 g/mol. The Labute approximate surface area is 121 Å². The number of nitrogens with one attached hydrogen (secondary N) is 1. The molecule has 4 nitrogen and oxygen atoms in total. The number of para-hydroxylation sites is 1. The molecule has 0 bridgehead atoms. The zero-order valence-electron chi connectivity index (χ0n) is 12.6. The maximum Gasteiger partial charge on any atom is 0.255 e. The first-order chi connectivity index (χ1) is 9.72. The molecule has 2 rings (SSSR count). The van der Waals surface area contributed by atoms with E-state index in [0.717, 1.165) is 30.9 Å². The number of carbonyl (C=O) groups is 1. The van der Waals surface area contributed by atoms with Crippen LogP contribution in [-0.2, 0) is 0 Å². The molecule has 1 aromatic carbocycles. The van der Waals surface area contributed by atoms with Crippen LogP contribution in [0.2, 0.25) is 0 Å². The van der Waals surface area contributed by atoms with Crippen LogP contribution in [0.3, 0.4) is 0 Å². The molecule has 1 aliphatic heterocycles. The third-order valence-corrected chi connectivity index (χ3v) is 3.82. The Bertz CT molecular complexity index is 441. The smallest absolute Gasteiger partial charge is 0.255 e. The molecule has 0 radical (unpaired) electrons. The number of anilines is 1. The van der Waals surface area contributed by atoms with Gasteiger partial charge in [-0.2, -0.15) is 0 Å². The topological polar surface area (TPSA) is 35.6 Å². The van der Waals surface area contributed by atoms with E-state index in [2.05, 4.69) is 10.2 Å². The number of hydrogen-bond donors (Lipinski definition) is 1. The number of benzene rings is 1. The van der Waals surface area contributed by atoms with E-state index in [4.69, 9.17) is 0 Å². The Morgan fingerprint density at radius 1 is 1.30 bits per heavy atom. The quantitative estimate of drug-likeness (QED) is 0.865. The molecule has 0 saturated carbocycles. The van der Waals surface area contributed by atoms with E-state index in [9.17, 15) is 4.79 Å². The molecule has 0 atom stereocenters. The molecule has 1 aliphatic rings. The minimum absolute atomic E-state index is 0.0979. The predicted molar refractivity (Wildman–Crippen MR) is 83.2 cm³/mol. The van der Waals surface area contributed by atoms with Crippen molar-refractivity contribution in [2.24, 2.45) is 0 Å². The first-order valence-corrected chi connectivity index (χ1v) is 7.53. The summed E-state index contributed by atoms with van der Waals surface area (Å²) < 4.78 is 0. The molecule has 0 aromatic heterocycles. The van der Waals surface area contributed by atoms with Crippen LogP contribution in [0.15, 0.2) is 24.3 Å². The number of likely N-dealkylation sites (tertiary alicyclic amines) is 1. The third-order valence-electron chi connectivity index (χ3n) is 3.82. The van der Waals surface area contributed by atoms with Crippen LogP contribution in [0.5, 0.6) is 0 Å². The molecule has 110 valence electrons. The zero-order chi connectivity index (χ0) is 14.4. The van der Waals surface area contributed by atoms with E-state index < -0.39 is 0 Å². The average Bonchev–Trinajstić information content (AvgIpc) is 2.98. The number of amides is 1. The van der Waals surface area contributed by atoms with E-state index >= 15 is 0 Å². The van der Waals surface area contributed by atoms with Crippen molar-refractivity contribution >= 4 is 11.6 Å². The van der Waals surface area contributed by atoms with Crippen LogP contribution < -0.4 is 5.32 Å². The fourth-order valence-electron chi connectivity index (χ4n) is 2.62. The van der Waals surface area contributed by atoms with Gasteiger partial charge in [-0.3, -0.25) is 4.79 Å². The van der Waals surface area contributed by atoms with E-state index in [-0.39, 0.29) is 5.91 Å². The monoisotopic (exact) mass is 275 g/mol. The standard InChI is InChI=1S/C16H25N3O/c1-3-17-15-9-5-4-8-14(15)16(20)18(2)12-13-19-10-6-7-11-19/h4-5,8-9,17H,3,6-7,10-13H2,1-2H3. The summed E-state index contributed by atoms with van der Waals surface area (Å²) in [5, 5.41) is 3.25. The lowest BCUT2D eigenvalue weighted by molar-refractivity contribution is 0.0783. The van der Waals surface area contributed by atoms with Gasteiger partial charge in [-0.1, -0.05) is 12.1 Å². The molecule has 1 N–H and O–H groups in total. The zero-order valence-corrected chi connectivity index (χ0v) is 12.6. The first-order valence-electron chi connectivity index (χ1n) is 7.53. The molecule has 0 unspecified atom stereocenters. The summed E-state index contributed by atoms with van der Waals surface area (Å²) in [5.41, 5.74) is 1.69. The van der Waals surface area contributed by atoms with Crippen molar-refractivity contribution in [2.45, 2.75) is 19.8 Å². The maximum absolute atomic E-state index is 12.5. The first kappa shape index (κ1) is 14.9. The highest BCUT2D eigenvalue weighted by atomic mass is 16.2. The molecule has 0 spiro atoms. The van der Waals surface area contributed by atoms with Crippen molar-refractivity contribution in [3.05, 3.63) is 29.8 Å². The summed E-state index contributed by atoms with van der Waals surface area (Å²) in [6.45, 7) is 6.98. The lowest BCUT2D eigenvalue weighted by atomic mass is 10.1.